The summed E-state index contributed by atoms with van der Waals surface area (Å²) in [4.78, 5) is 12.3. The van der Waals surface area contributed by atoms with Crippen molar-refractivity contribution >= 4 is 23.3 Å². The SMILES string of the molecule is CN(C)c1ccc(C=O)cc1.O=S([O-])O. The molecule has 0 aliphatic rings. The van der Waals surface area contributed by atoms with Gasteiger partial charge in [0, 0.05) is 25.3 Å². The van der Waals surface area contributed by atoms with Gasteiger partial charge in [0.15, 0.2) is 0 Å². The van der Waals surface area contributed by atoms with Crippen LogP contribution in [0.3, 0.4) is 0 Å². The number of benzene rings is 1. The first-order valence-electron chi connectivity index (χ1n) is 3.98. The maximum absolute atomic E-state index is 10.3. The standard InChI is InChI=1S/C9H11NO.H2O3S/c1-10(2)9-5-3-8(7-11)4-6-9;1-4(2)3/h3-7H,1-2H3;(H2,1,2,3)/p-1. The molecule has 0 heterocycles. The van der Waals surface area contributed by atoms with Gasteiger partial charge in [0.2, 0.25) is 0 Å². The van der Waals surface area contributed by atoms with Crippen LogP contribution in [0, 0.1) is 0 Å². The van der Waals surface area contributed by atoms with Crippen molar-refractivity contribution in [2.75, 3.05) is 19.0 Å². The molecule has 84 valence electrons. The molecule has 0 fully saturated rings. The van der Waals surface area contributed by atoms with Gasteiger partial charge in [-0.1, -0.05) is 0 Å². The summed E-state index contributed by atoms with van der Waals surface area (Å²) >= 11 is -2.86. The van der Waals surface area contributed by atoms with Crippen LogP contribution in [0.15, 0.2) is 24.3 Å². The Morgan fingerprint density at radius 2 is 1.73 bits per heavy atom. The molecule has 5 nitrogen and oxygen atoms in total. The third-order valence-corrected chi connectivity index (χ3v) is 1.55. The molecule has 0 aliphatic carbocycles. The van der Waals surface area contributed by atoms with Crippen LogP contribution in [0.2, 0.25) is 0 Å². The van der Waals surface area contributed by atoms with Crippen molar-refractivity contribution < 1.29 is 18.1 Å². The quantitative estimate of drug-likeness (QED) is 0.603. The zero-order valence-electron chi connectivity index (χ0n) is 8.41. The highest BCUT2D eigenvalue weighted by Gasteiger charge is 1.93. The van der Waals surface area contributed by atoms with Crippen molar-refractivity contribution in [3.8, 4) is 0 Å². The van der Waals surface area contributed by atoms with Crippen molar-refractivity contribution in [1.82, 2.24) is 0 Å². The zero-order chi connectivity index (χ0) is 11.8. The highest BCUT2D eigenvalue weighted by Crippen LogP contribution is 2.10. The van der Waals surface area contributed by atoms with Crippen LogP contribution in [0.5, 0.6) is 0 Å². The number of rotatable bonds is 2. The van der Waals surface area contributed by atoms with Crippen molar-refractivity contribution in [2.24, 2.45) is 0 Å². The molecule has 0 saturated carbocycles. The van der Waals surface area contributed by atoms with E-state index in [-0.39, 0.29) is 0 Å². The van der Waals surface area contributed by atoms with Gasteiger partial charge in [0.05, 0.1) is 11.4 Å². The molecule has 1 atom stereocenters. The van der Waals surface area contributed by atoms with E-state index >= 15 is 0 Å². The minimum atomic E-state index is -2.86. The zero-order valence-corrected chi connectivity index (χ0v) is 9.23. The smallest absolute Gasteiger partial charge is 0.150 e. The van der Waals surface area contributed by atoms with Gasteiger partial charge in [-0.2, -0.15) is 0 Å². The molecule has 6 heteroatoms. The first-order chi connectivity index (χ1) is 6.97. The number of aldehydes is 1. The number of hydrogen-bond donors (Lipinski definition) is 1. The Morgan fingerprint density at radius 1 is 1.33 bits per heavy atom. The topological polar surface area (TPSA) is 80.7 Å². The van der Waals surface area contributed by atoms with Gasteiger partial charge in [-0.15, -0.1) is 0 Å². The van der Waals surface area contributed by atoms with E-state index in [4.69, 9.17) is 13.3 Å². The first-order valence-corrected chi connectivity index (χ1v) is 5.01. The van der Waals surface area contributed by atoms with Gasteiger partial charge in [-0.25, -0.2) is 4.21 Å². The molecule has 0 radical (unpaired) electrons. The number of nitrogens with zero attached hydrogens (tertiary/aromatic N) is 1. The van der Waals surface area contributed by atoms with Crippen LogP contribution < -0.4 is 4.90 Å². The molecule has 0 aromatic heterocycles. The second-order valence-electron chi connectivity index (χ2n) is 2.82. The monoisotopic (exact) mass is 230 g/mol. The lowest BCUT2D eigenvalue weighted by Gasteiger charge is -2.11. The summed E-state index contributed by atoms with van der Waals surface area (Å²) in [5.41, 5.74) is 1.83. The predicted octanol–water partition coefficient (Wildman–Crippen LogP) is 0.904. The second-order valence-corrected chi connectivity index (χ2v) is 3.26. The highest BCUT2D eigenvalue weighted by molar-refractivity contribution is 7.73. The van der Waals surface area contributed by atoms with Crippen molar-refractivity contribution in [3.63, 3.8) is 0 Å². The van der Waals surface area contributed by atoms with E-state index in [0.717, 1.165) is 17.5 Å². The van der Waals surface area contributed by atoms with E-state index in [1.165, 1.54) is 0 Å². The van der Waals surface area contributed by atoms with Gasteiger partial charge in [-0.05, 0) is 24.3 Å². The van der Waals surface area contributed by atoms with Crippen LogP contribution in [0.1, 0.15) is 10.4 Å². The van der Waals surface area contributed by atoms with Crippen LogP contribution in [0.4, 0.5) is 5.69 Å². The summed E-state index contributed by atoms with van der Waals surface area (Å²) in [6.07, 6.45) is 0.847. The van der Waals surface area contributed by atoms with Crippen LogP contribution >= 0.6 is 0 Å². The third-order valence-electron chi connectivity index (χ3n) is 1.55. The third kappa shape index (κ3) is 6.78. The molecule has 1 aromatic carbocycles. The highest BCUT2D eigenvalue weighted by atomic mass is 32.2. The van der Waals surface area contributed by atoms with Gasteiger partial charge in [-0.3, -0.25) is 4.79 Å². The summed E-state index contributed by atoms with van der Waals surface area (Å²) < 4.78 is 24.1. The predicted molar refractivity (Wildman–Crippen MR) is 57.7 cm³/mol. The Morgan fingerprint density at radius 3 is 2.00 bits per heavy atom. The van der Waals surface area contributed by atoms with Gasteiger partial charge in [0.1, 0.15) is 6.29 Å². The Balaban J connectivity index is 0.000000423. The van der Waals surface area contributed by atoms with Crippen LogP contribution in [-0.2, 0) is 11.4 Å². The van der Waals surface area contributed by atoms with E-state index < -0.39 is 11.4 Å². The molecule has 0 saturated heterocycles. The minimum Gasteiger partial charge on any atom is -0.750 e. The second kappa shape index (κ2) is 7.10. The molecule has 0 amide bonds. The Bertz CT molecular complexity index is 319. The van der Waals surface area contributed by atoms with Gasteiger partial charge < -0.3 is 14.0 Å². The molecule has 1 N–H and O–H groups in total. The molecule has 0 aliphatic heterocycles. The van der Waals surface area contributed by atoms with E-state index in [0.29, 0.717) is 0 Å². The average Bonchev–Trinajstić information content (AvgIpc) is 2.17. The lowest BCUT2D eigenvalue weighted by Crippen LogP contribution is -2.08. The molecule has 1 rings (SSSR count). The molecule has 1 aromatic rings. The largest absolute Gasteiger partial charge is 0.750 e. The fraction of sp³-hybridized carbons (Fsp3) is 0.222. The maximum Gasteiger partial charge on any atom is 0.150 e. The summed E-state index contributed by atoms with van der Waals surface area (Å²) in [5, 5.41) is 0. The molecule has 0 spiro atoms. The lowest BCUT2D eigenvalue weighted by atomic mass is 10.2. The Hall–Kier alpha value is -1.24. The molecule has 15 heavy (non-hydrogen) atoms. The summed E-state index contributed by atoms with van der Waals surface area (Å²) in [5.74, 6) is 0. The van der Waals surface area contributed by atoms with Crippen molar-refractivity contribution in [1.29, 1.82) is 0 Å². The first kappa shape index (κ1) is 13.8. The molecule has 0 bridgehead atoms. The minimum absolute atomic E-state index is 0.718. The maximum atomic E-state index is 10.3. The Kier molecular flexibility index (Phi) is 6.52. The van der Waals surface area contributed by atoms with E-state index in [1.54, 1.807) is 0 Å². The van der Waals surface area contributed by atoms with Crippen molar-refractivity contribution in [2.45, 2.75) is 0 Å². The number of anilines is 1. The average molecular weight is 230 g/mol. The van der Waals surface area contributed by atoms with E-state index in [1.807, 2.05) is 43.3 Å². The van der Waals surface area contributed by atoms with E-state index in [9.17, 15) is 4.79 Å². The Labute approximate surface area is 90.8 Å². The number of carbonyl (C=O) groups is 1. The number of hydrogen-bond acceptors (Lipinski definition) is 4. The number of carbonyl (C=O) groups excluding carboxylic acids is 1. The molecular formula is C9H12NO4S-. The summed E-state index contributed by atoms with van der Waals surface area (Å²) in [6, 6.07) is 7.46. The lowest BCUT2D eigenvalue weighted by molar-refractivity contribution is 0.112. The van der Waals surface area contributed by atoms with Crippen LogP contribution in [0.25, 0.3) is 0 Å². The summed E-state index contributed by atoms with van der Waals surface area (Å²) in [6.45, 7) is 0. The fourth-order valence-electron chi connectivity index (χ4n) is 0.851. The normalized spacial score (nSPS) is 10.9. The van der Waals surface area contributed by atoms with Gasteiger partial charge >= 0.3 is 0 Å². The van der Waals surface area contributed by atoms with Gasteiger partial charge in [0.25, 0.3) is 0 Å². The van der Waals surface area contributed by atoms with E-state index in [2.05, 4.69) is 0 Å². The van der Waals surface area contributed by atoms with Crippen LogP contribution in [-0.4, -0.2) is 33.7 Å². The summed E-state index contributed by atoms with van der Waals surface area (Å²) in [7, 11) is 3.94. The molecule has 1 unspecified atom stereocenters. The fourth-order valence-corrected chi connectivity index (χ4v) is 0.851. The molecular weight excluding hydrogens is 218 g/mol. The van der Waals surface area contributed by atoms with Crippen molar-refractivity contribution in [3.05, 3.63) is 29.8 Å².